The molecule has 7 heteroatoms. The van der Waals surface area contributed by atoms with Crippen LogP contribution in [0, 0.1) is 11.7 Å². The lowest BCUT2D eigenvalue weighted by atomic mass is 10.00. The van der Waals surface area contributed by atoms with Crippen LogP contribution in [0.2, 0.25) is 0 Å². The van der Waals surface area contributed by atoms with Gasteiger partial charge in [-0.2, -0.15) is 0 Å². The minimum Gasteiger partial charge on any atom is -0.505 e. The number of phenolic OH excluding ortho intramolecular Hbond substituents is 1. The van der Waals surface area contributed by atoms with E-state index in [4.69, 9.17) is 4.74 Å². The molecule has 3 rings (SSSR count). The van der Waals surface area contributed by atoms with Gasteiger partial charge in [0.05, 0.1) is 4.91 Å². The number of nitrogens with zero attached hydrogens (tertiary/aromatic N) is 1. The number of phenols is 1. The van der Waals surface area contributed by atoms with Crippen molar-refractivity contribution < 1.29 is 23.8 Å². The third kappa shape index (κ3) is 3.56. The van der Waals surface area contributed by atoms with Crippen molar-refractivity contribution in [2.45, 2.75) is 12.8 Å². The Kier molecular flexibility index (Phi) is 4.68. The van der Waals surface area contributed by atoms with Crippen LogP contribution in [0.4, 0.5) is 9.18 Å². The second-order valence-corrected chi connectivity index (χ2v) is 6.55. The Bertz CT molecular complexity index is 670. The van der Waals surface area contributed by atoms with E-state index in [-0.39, 0.29) is 22.0 Å². The molecule has 0 radical (unpaired) electrons. The normalized spacial score (nSPS) is 21.4. The largest absolute Gasteiger partial charge is 0.505 e. The van der Waals surface area contributed by atoms with E-state index in [1.807, 2.05) is 0 Å². The number of ether oxygens (including phenoxy) is 1. The van der Waals surface area contributed by atoms with Crippen LogP contribution in [0.15, 0.2) is 23.1 Å². The number of imide groups is 1. The number of carbonyl (C=O) groups excluding carboxylic acids is 2. The lowest BCUT2D eigenvalue weighted by molar-refractivity contribution is -0.123. The summed E-state index contributed by atoms with van der Waals surface area (Å²) < 4.78 is 18.3. The number of rotatable bonds is 3. The van der Waals surface area contributed by atoms with Crippen molar-refractivity contribution in [3.05, 3.63) is 34.5 Å². The van der Waals surface area contributed by atoms with Crippen molar-refractivity contribution in [1.82, 2.24) is 4.90 Å². The van der Waals surface area contributed by atoms with Crippen molar-refractivity contribution in [2.24, 2.45) is 5.92 Å². The highest BCUT2D eigenvalue weighted by Crippen LogP contribution is 2.34. The number of aromatic hydroxyl groups is 1. The van der Waals surface area contributed by atoms with E-state index in [9.17, 15) is 19.1 Å². The molecule has 0 unspecified atom stereocenters. The van der Waals surface area contributed by atoms with Crippen molar-refractivity contribution in [3.63, 3.8) is 0 Å². The maximum atomic E-state index is 13.1. The lowest BCUT2D eigenvalue weighted by Gasteiger charge is -2.25. The zero-order valence-corrected chi connectivity index (χ0v) is 13.1. The molecule has 0 aliphatic carbocycles. The average molecular weight is 337 g/mol. The van der Waals surface area contributed by atoms with E-state index in [1.54, 1.807) is 0 Å². The standard InChI is InChI=1S/C16H16FNO4S/c17-12-2-1-11(7-13(12)19)8-14-15(20)18(16(21)23-14)9-10-3-5-22-6-4-10/h1-2,7-8,10,19H,3-6,9H2/b14-8-. The Balaban J connectivity index is 1.74. The molecule has 2 amide bonds. The maximum absolute atomic E-state index is 13.1. The van der Waals surface area contributed by atoms with Crippen LogP contribution in [-0.2, 0) is 9.53 Å². The predicted octanol–water partition coefficient (Wildman–Crippen LogP) is 2.99. The molecule has 2 aliphatic rings. The molecular formula is C16H16FNO4S. The first-order valence-corrected chi connectivity index (χ1v) is 8.18. The van der Waals surface area contributed by atoms with Crippen LogP contribution < -0.4 is 0 Å². The van der Waals surface area contributed by atoms with Gasteiger partial charge in [-0.3, -0.25) is 14.5 Å². The fourth-order valence-corrected chi connectivity index (χ4v) is 3.46. The number of amides is 2. The summed E-state index contributed by atoms with van der Waals surface area (Å²) in [6, 6.07) is 3.79. The van der Waals surface area contributed by atoms with Gasteiger partial charge >= 0.3 is 0 Å². The highest BCUT2D eigenvalue weighted by molar-refractivity contribution is 8.18. The van der Waals surface area contributed by atoms with E-state index in [1.165, 1.54) is 23.1 Å². The number of hydrogen-bond donors (Lipinski definition) is 1. The number of thioether (sulfide) groups is 1. The first-order chi connectivity index (χ1) is 11.0. The number of halogens is 1. The highest BCUT2D eigenvalue weighted by atomic mass is 32.2. The fourth-order valence-electron chi connectivity index (χ4n) is 2.62. The molecule has 23 heavy (non-hydrogen) atoms. The lowest BCUT2D eigenvalue weighted by Crippen LogP contribution is -2.35. The molecule has 1 aromatic rings. The van der Waals surface area contributed by atoms with Gasteiger partial charge in [-0.25, -0.2) is 4.39 Å². The summed E-state index contributed by atoms with van der Waals surface area (Å²) in [5, 5.41) is 9.08. The molecule has 0 atom stereocenters. The van der Waals surface area contributed by atoms with Crippen LogP contribution in [-0.4, -0.2) is 40.9 Å². The quantitative estimate of drug-likeness (QED) is 0.859. The molecular weight excluding hydrogens is 321 g/mol. The molecule has 2 saturated heterocycles. The van der Waals surface area contributed by atoms with Crippen LogP contribution in [0.3, 0.4) is 0 Å². The Morgan fingerprint density at radius 2 is 2.09 bits per heavy atom. The summed E-state index contributed by atoms with van der Waals surface area (Å²) >= 11 is 0.867. The van der Waals surface area contributed by atoms with Gasteiger partial charge in [-0.15, -0.1) is 0 Å². The molecule has 122 valence electrons. The Hall–Kier alpha value is -1.86. The summed E-state index contributed by atoms with van der Waals surface area (Å²) in [7, 11) is 0. The molecule has 0 bridgehead atoms. The molecule has 0 spiro atoms. The number of hydrogen-bond acceptors (Lipinski definition) is 5. The van der Waals surface area contributed by atoms with E-state index in [0.29, 0.717) is 25.3 Å². The highest BCUT2D eigenvalue weighted by Gasteiger charge is 2.36. The molecule has 2 heterocycles. The van der Waals surface area contributed by atoms with Gasteiger partial charge < -0.3 is 9.84 Å². The van der Waals surface area contributed by atoms with Gasteiger partial charge in [0, 0.05) is 19.8 Å². The van der Waals surface area contributed by atoms with Crippen LogP contribution in [0.1, 0.15) is 18.4 Å². The van der Waals surface area contributed by atoms with Crippen LogP contribution >= 0.6 is 11.8 Å². The van der Waals surface area contributed by atoms with Gasteiger partial charge in [0.1, 0.15) is 0 Å². The second-order valence-electron chi connectivity index (χ2n) is 5.56. The SMILES string of the molecule is O=C1S/C(=C\c2ccc(F)c(O)c2)C(=O)N1CC1CCOCC1. The minimum atomic E-state index is -0.727. The smallest absolute Gasteiger partial charge is 0.293 e. The van der Waals surface area contributed by atoms with Gasteiger partial charge in [-0.1, -0.05) is 6.07 Å². The van der Waals surface area contributed by atoms with E-state index in [0.717, 1.165) is 30.7 Å². The summed E-state index contributed by atoms with van der Waals surface area (Å²) in [6.45, 7) is 1.72. The van der Waals surface area contributed by atoms with E-state index < -0.39 is 11.6 Å². The third-order valence-corrected chi connectivity index (χ3v) is 4.83. The van der Waals surface area contributed by atoms with Crippen molar-refractivity contribution in [2.75, 3.05) is 19.8 Å². The van der Waals surface area contributed by atoms with Gasteiger partial charge in [0.15, 0.2) is 11.6 Å². The fraction of sp³-hybridized carbons (Fsp3) is 0.375. The van der Waals surface area contributed by atoms with Crippen LogP contribution in [0.25, 0.3) is 6.08 Å². The van der Waals surface area contributed by atoms with Crippen molar-refractivity contribution in [3.8, 4) is 5.75 Å². The topological polar surface area (TPSA) is 66.8 Å². The first kappa shape index (κ1) is 16.0. The minimum absolute atomic E-state index is 0.270. The molecule has 2 aliphatic heterocycles. The summed E-state index contributed by atoms with van der Waals surface area (Å²) in [5.74, 6) is -1.28. The average Bonchev–Trinajstić information content (AvgIpc) is 2.80. The Morgan fingerprint density at radius 1 is 1.35 bits per heavy atom. The monoisotopic (exact) mass is 337 g/mol. The van der Waals surface area contributed by atoms with Crippen LogP contribution in [0.5, 0.6) is 5.75 Å². The first-order valence-electron chi connectivity index (χ1n) is 7.36. The zero-order chi connectivity index (χ0) is 16.4. The van der Waals surface area contributed by atoms with Gasteiger partial charge in [-0.05, 0) is 54.3 Å². The molecule has 2 fully saturated rings. The predicted molar refractivity (Wildman–Crippen MR) is 84.3 cm³/mol. The number of benzene rings is 1. The summed E-state index contributed by atoms with van der Waals surface area (Å²) in [5.41, 5.74) is 0.473. The second kappa shape index (κ2) is 6.72. The van der Waals surface area contributed by atoms with E-state index >= 15 is 0 Å². The third-order valence-electron chi connectivity index (χ3n) is 3.92. The molecule has 5 nitrogen and oxygen atoms in total. The van der Waals surface area contributed by atoms with Gasteiger partial charge in [0.2, 0.25) is 0 Å². The molecule has 1 aromatic carbocycles. The summed E-state index contributed by atoms with van der Waals surface area (Å²) in [4.78, 5) is 26.0. The van der Waals surface area contributed by atoms with Crippen molar-refractivity contribution >= 4 is 29.0 Å². The Morgan fingerprint density at radius 3 is 2.78 bits per heavy atom. The Labute approximate surface area is 137 Å². The summed E-state index contributed by atoms with van der Waals surface area (Å²) in [6.07, 6.45) is 3.17. The van der Waals surface area contributed by atoms with Gasteiger partial charge in [0.25, 0.3) is 11.1 Å². The number of carbonyl (C=O) groups is 2. The molecule has 0 aromatic heterocycles. The van der Waals surface area contributed by atoms with E-state index in [2.05, 4.69) is 0 Å². The zero-order valence-electron chi connectivity index (χ0n) is 12.3. The molecule has 0 saturated carbocycles. The maximum Gasteiger partial charge on any atom is 0.293 e. The molecule has 1 N–H and O–H groups in total. The van der Waals surface area contributed by atoms with Crippen molar-refractivity contribution in [1.29, 1.82) is 0 Å².